The van der Waals surface area contributed by atoms with Crippen LogP contribution in [0.4, 0.5) is 11.6 Å². The van der Waals surface area contributed by atoms with E-state index < -0.39 is 0 Å². The van der Waals surface area contributed by atoms with Gasteiger partial charge < -0.3 is 14.7 Å². The molecule has 1 fully saturated rings. The molecule has 9 nitrogen and oxygen atoms in total. The molecule has 1 saturated heterocycles. The molecule has 5 heterocycles. The number of benzene rings is 1. The molecule has 0 aliphatic carbocycles. The summed E-state index contributed by atoms with van der Waals surface area (Å²) in [6.07, 6.45) is 12.9. The molecule has 0 unspecified atom stereocenters. The Morgan fingerprint density at radius 2 is 1.50 bits per heavy atom. The Morgan fingerprint density at radius 3 is 2.26 bits per heavy atom. The number of nitrogens with zero attached hydrogens (tertiary/aromatic N) is 9. The third-order valence-corrected chi connectivity index (χ3v) is 7.08. The van der Waals surface area contributed by atoms with Crippen molar-refractivity contribution in [2.24, 2.45) is 0 Å². The van der Waals surface area contributed by atoms with Crippen molar-refractivity contribution >= 4 is 17.2 Å². The summed E-state index contributed by atoms with van der Waals surface area (Å²) in [5, 5.41) is 9.19. The quantitative estimate of drug-likeness (QED) is 0.319. The molecule has 0 N–H and O–H groups in total. The number of aromatic nitrogens is 6. The molecule has 5 aromatic rings. The van der Waals surface area contributed by atoms with Gasteiger partial charge in [0.25, 0.3) is 0 Å². The largest absolute Gasteiger partial charge is 0.365 e. The van der Waals surface area contributed by atoms with Gasteiger partial charge in [-0.05, 0) is 31.3 Å². The molecule has 0 amide bonds. The smallest absolute Gasteiger partial charge is 0.225 e. The number of hydrogen-bond donors (Lipinski definition) is 0. The van der Waals surface area contributed by atoms with Crippen LogP contribution in [0.2, 0.25) is 0 Å². The predicted octanol–water partition coefficient (Wildman–Crippen LogP) is 3.47. The summed E-state index contributed by atoms with van der Waals surface area (Å²) in [5.74, 6) is 0.803. The molecule has 6 rings (SSSR count). The predicted molar refractivity (Wildman–Crippen MR) is 151 cm³/mol. The van der Waals surface area contributed by atoms with Crippen molar-refractivity contribution in [3.63, 3.8) is 0 Å². The fourth-order valence-electron chi connectivity index (χ4n) is 4.90. The summed E-state index contributed by atoms with van der Waals surface area (Å²) in [4.78, 5) is 16.2. The van der Waals surface area contributed by atoms with Gasteiger partial charge in [0.05, 0.1) is 30.1 Å². The van der Waals surface area contributed by atoms with Crippen LogP contribution in [0.25, 0.3) is 16.6 Å². The molecule has 0 saturated carbocycles. The first-order valence-electron chi connectivity index (χ1n) is 13.1. The number of fused-ring (bicyclic) bond motifs is 1. The average molecular weight is 508 g/mol. The maximum Gasteiger partial charge on any atom is 0.225 e. The van der Waals surface area contributed by atoms with E-state index in [1.807, 2.05) is 40.1 Å². The van der Waals surface area contributed by atoms with Crippen LogP contribution in [-0.4, -0.2) is 81.1 Å². The maximum absolute atomic E-state index is 4.67. The van der Waals surface area contributed by atoms with E-state index in [1.165, 1.54) is 5.56 Å². The van der Waals surface area contributed by atoms with Gasteiger partial charge in [0.15, 0.2) is 0 Å². The maximum atomic E-state index is 4.67. The SMILES string of the molecule is CN(C)CCn1cc(-c2ccc3c(N4CCN(c5ncc(Cc6ccccc6)cn5)CC4)cnn3c2)cn1. The molecular formula is C29H33N9. The van der Waals surface area contributed by atoms with Crippen LogP contribution in [0.5, 0.6) is 0 Å². The molecule has 38 heavy (non-hydrogen) atoms. The number of anilines is 2. The Balaban J connectivity index is 1.09. The highest BCUT2D eigenvalue weighted by atomic mass is 15.3. The molecule has 194 valence electrons. The van der Waals surface area contributed by atoms with Gasteiger partial charge >= 0.3 is 0 Å². The molecule has 1 aliphatic rings. The number of piperazine rings is 1. The lowest BCUT2D eigenvalue weighted by molar-refractivity contribution is 0.373. The minimum atomic E-state index is 0.803. The summed E-state index contributed by atoms with van der Waals surface area (Å²) >= 11 is 0. The van der Waals surface area contributed by atoms with Crippen LogP contribution >= 0.6 is 0 Å². The molecular weight excluding hydrogens is 474 g/mol. The van der Waals surface area contributed by atoms with Gasteiger partial charge in [-0.3, -0.25) is 4.68 Å². The van der Waals surface area contributed by atoms with Crippen molar-refractivity contribution in [1.82, 2.24) is 34.3 Å². The summed E-state index contributed by atoms with van der Waals surface area (Å²) in [7, 11) is 4.15. The van der Waals surface area contributed by atoms with Gasteiger partial charge in [-0.2, -0.15) is 10.2 Å². The van der Waals surface area contributed by atoms with Crippen LogP contribution in [-0.2, 0) is 13.0 Å². The zero-order valence-corrected chi connectivity index (χ0v) is 22.0. The van der Waals surface area contributed by atoms with Gasteiger partial charge in [0.2, 0.25) is 5.95 Å². The summed E-state index contributed by atoms with van der Waals surface area (Å²) in [6.45, 7) is 5.38. The number of likely N-dealkylation sites (N-methyl/N-ethyl adjacent to an activating group) is 1. The van der Waals surface area contributed by atoms with E-state index in [2.05, 4.69) is 97.8 Å². The van der Waals surface area contributed by atoms with Crippen LogP contribution in [0, 0.1) is 0 Å². The summed E-state index contributed by atoms with van der Waals surface area (Å²) in [5.41, 5.74) is 6.89. The third kappa shape index (κ3) is 5.24. The van der Waals surface area contributed by atoms with Gasteiger partial charge in [-0.25, -0.2) is 14.5 Å². The van der Waals surface area contributed by atoms with E-state index in [0.717, 1.165) is 79.5 Å². The van der Waals surface area contributed by atoms with E-state index in [-0.39, 0.29) is 0 Å². The molecule has 0 radical (unpaired) electrons. The Hall–Kier alpha value is -4.24. The van der Waals surface area contributed by atoms with Crippen LogP contribution in [0.15, 0.2) is 79.6 Å². The van der Waals surface area contributed by atoms with Crippen LogP contribution < -0.4 is 9.80 Å². The standard InChI is InChI=1S/C29H33N9/c1-34(2)10-15-37-21-26(19-32-37)25-8-9-27-28(20-33-38(27)22-25)35-11-13-36(14-12-35)29-30-17-24(18-31-29)16-23-6-4-3-5-7-23/h3-9,17-22H,10-16H2,1-2H3. The van der Waals surface area contributed by atoms with E-state index in [9.17, 15) is 0 Å². The van der Waals surface area contributed by atoms with E-state index in [1.54, 1.807) is 0 Å². The fraction of sp³-hybridized carbons (Fsp3) is 0.310. The van der Waals surface area contributed by atoms with Crippen molar-refractivity contribution < 1.29 is 0 Å². The zero-order chi connectivity index (χ0) is 25.9. The second-order valence-corrected chi connectivity index (χ2v) is 10.1. The lowest BCUT2D eigenvalue weighted by Gasteiger charge is -2.35. The van der Waals surface area contributed by atoms with Gasteiger partial charge in [0.1, 0.15) is 0 Å². The first-order valence-corrected chi connectivity index (χ1v) is 13.1. The lowest BCUT2D eigenvalue weighted by atomic mass is 10.1. The lowest BCUT2D eigenvalue weighted by Crippen LogP contribution is -2.47. The molecule has 1 aromatic carbocycles. The fourth-order valence-corrected chi connectivity index (χ4v) is 4.90. The van der Waals surface area contributed by atoms with E-state index >= 15 is 0 Å². The van der Waals surface area contributed by atoms with E-state index in [4.69, 9.17) is 0 Å². The highest BCUT2D eigenvalue weighted by Crippen LogP contribution is 2.27. The molecule has 1 aliphatic heterocycles. The Labute approximate surface area is 223 Å². The molecule has 0 atom stereocenters. The highest BCUT2D eigenvalue weighted by molar-refractivity contribution is 5.75. The first kappa shape index (κ1) is 24.1. The minimum Gasteiger partial charge on any atom is -0.365 e. The van der Waals surface area contributed by atoms with Crippen molar-refractivity contribution in [1.29, 1.82) is 0 Å². The van der Waals surface area contributed by atoms with E-state index in [0.29, 0.717) is 0 Å². The Bertz CT molecular complexity index is 1480. The molecule has 0 bridgehead atoms. The summed E-state index contributed by atoms with van der Waals surface area (Å²) in [6, 6.07) is 14.8. The second-order valence-electron chi connectivity index (χ2n) is 10.1. The highest BCUT2D eigenvalue weighted by Gasteiger charge is 2.21. The number of pyridine rings is 1. The molecule has 4 aromatic heterocycles. The third-order valence-electron chi connectivity index (χ3n) is 7.08. The monoisotopic (exact) mass is 507 g/mol. The van der Waals surface area contributed by atoms with Crippen LogP contribution in [0.1, 0.15) is 11.1 Å². The number of hydrogen-bond acceptors (Lipinski definition) is 7. The Morgan fingerprint density at radius 1 is 0.737 bits per heavy atom. The average Bonchev–Trinajstić information content (AvgIpc) is 3.60. The van der Waals surface area contributed by atoms with Gasteiger partial charge in [0, 0.05) is 75.1 Å². The zero-order valence-electron chi connectivity index (χ0n) is 22.0. The van der Waals surface area contributed by atoms with Gasteiger partial charge in [-0.15, -0.1) is 0 Å². The van der Waals surface area contributed by atoms with Crippen LogP contribution in [0.3, 0.4) is 0 Å². The van der Waals surface area contributed by atoms with Crippen molar-refractivity contribution in [3.05, 3.63) is 90.8 Å². The Kier molecular flexibility index (Phi) is 6.75. The van der Waals surface area contributed by atoms with Gasteiger partial charge in [-0.1, -0.05) is 36.4 Å². The first-order chi connectivity index (χ1) is 18.6. The molecule has 9 heteroatoms. The molecule has 0 spiro atoms. The summed E-state index contributed by atoms with van der Waals surface area (Å²) < 4.78 is 3.97. The normalized spacial score (nSPS) is 14.1. The second kappa shape index (κ2) is 10.6. The number of rotatable bonds is 8. The van der Waals surface area contributed by atoms with Crippen molar-refractivity contribution in [3.8, 4) is 11.1 Å². The van der Waals surface area contributed by atoms with Crippen molar-refractivity contribution in [2.75, 3.05) is 56.6 Å². The van der Waals surface area contributed by atoms with Crippen molar-refractivity contribution in [2.45, 2.75) is 13.0 Å². The topological polar surface area (TPSA) is 70.6 Å². The minimum absolute atomic E-state index is 0.803.